The SMILES string of the molecule is CCN(CC1CCC(CC(=O)O)CC1)c1ccc(Br)cc1CN(Cc1cc(C(F)(F)F)cc(C(F)(F)F)c1)c1nnn(C)n1.Cl. The quantitative estimate of drug-likeness (QED) is 0.202. The van der Waals surface area contributed by atoms with Crippen LogP contribution in [0.4, 0.5) is 38.0 Å². The van der Waals surface area contributed by atoms with Gasteiger partial charge in [0.05, 0.1) is 18.2 Å². The third-order valence-electron chi connectivity index (χ3n) is 7.83. The lowest BCUT2D eigenvalue weighted by atomic mass is 9.80. The standard InChI is InChI=1S/C29H33BrF6N6O2.ClH/c1-3-41(15-19-6-4-18(5-7-19)12-26(43)44)25-9-8-24(30)13-21(25)17-42(27-37-39-40(2)38-27)16-20-10-22(28(31,32)33)14-23(11-20)29(34,35)36;/h8-11,13-14,18-19H,3-7,12,15-17H2,1-2H3,(H,43,44);1H. The molecule has 16 heteroatoms. The minimum absolute atomic E-state index is 0. The highest BCUT2D eigenvalue weighted by Gasteiger charge is 2.37. The second-order valence-electron chi connectivity index (χ2n) is 11.1. The Hall–Kier alpha value is -3.07. The van der Waals surface area contributed by atoms with Crippen LogP contribution in [0.3, 0.4) is 0 Å². The average Bonchev–Trinajstić information content (AvgIpc) is 3.37. The average molecular weight is 728 g/mol. The second kappa shape index (κ2) is 15.0. The number of carboxylic acid groups (broad SMARTS) is 1. The molecule has 0 amide bonds. The number of rotatable bonds is 11. The number of aromatic nitrogens is 4. The number of alkyl halides is 6. The van der Waals surface area contributed by atoms with Crippen LogP contribution in [-0.2, 0) is 37.3 Å². The van der Waals surface area contributed by atoms with E-state index in [0.717, 1.165) is 52.7 Å². The number of hydrogen-bond donors (Lipinski definition) is 1. The molecule has 1 aromatic heterocycles. The number of halogens is 8. The van der Waals surface area contributed by atoms with Gasteiger partial charge in [-0.25, -0.2) is 0 Å². The lowest BCUT2D eigenvalue weighted by Gasteiger charge is -2.34. The number of benzene rings is 2. The van der Waals surface area contributed by atoms with Crippen molar-refractivity contribution in [3.05, 3.63) is 63.1 Å². The summed E-state index contributed by atoms with van der Waals surface area (Å²) < 4.78 is 82.3. The lowest BCUT2D eigenvalue weighted by Crippen LogP contribution is -2.33. The van der Waals surface area contributed by atoms with Crippen LogP contribution in [0.2, 0.25) is 0 Å². The summed E-state index contributed by atoms with van der Waals surface area (Å²) in [6, 6.07) is 7.18. The van der Waals surface area contributed by atoms with Crippen molar-refractivity contribution in [2.24, 2.45) is 18.9 Å². The van der Waals surface area contributed by atoms with E-state index in [1.165, 1.54) is 11.9 Å². The number of nitrogens with zero attached hydrogens (tertiary/aromatic N) is 6. The maximum Gasteiger partial charge on any atom is 0.416 e. The van der Waals surface area contributed by atoms with Crippen LogP contribution >= 0.6 is 28.3 Å². The summed E-state index contributed by atoms with van der Waals surface area (Å²) in [5.74, 6) is -0.224. The third-order valence-corrected chi connectivity index (χ3v) is 8.33. The molecular weight excluding hydrogens is 694 g/mol. The highest BCUT2D eigenvalue weighted by molar-refractivity contribution is 9.10. The number of aryl methyl sites for hydroxylation is 1. The van der Waals surface area contributed by atoms with Crippen LogP contribution in [-0.4, -0.2) is 44.4 Å². The highest BCUT2D eigenvalue weighted by atomic mass is 79.9. The van der Waals surface area contributed by atoms with Crippen LogP contribution < -0.4 is 9.80 Å². The van der Waals surface area contributed by atoms with Crippen LogP contribution in [0.25, 0.3) is 0 Å². The van der Waals surface area contributed by atoms with E-state index in [2.05, 4.69) is 36.2 Å². The third kappa shape index (κ3) is 9.96. The van der Waals surface area contributed by atoms with Gasteiger partial charge in [-0.1, -0.05) is 21.0 Å². The number of hydrogen-bond acceptors (Lipinski definition) is 6. The zero-order valence-corrected chi connectivity index (χ0v) is 27.0. The summed E-state index contributed by atoms with van der Waals surface area (Å²) in [5.41, 5.74) is -1.38. The number of carboxylic acids is 1. The Morgan fingerprint density at radius 1 is 0.956 bits per heavy atom. The van der Waals surface area contributed by atoms with Gasteiger partial charge in [-0.05, 0) is 97.2 Å². The van der Waals surface area contributed by atoms with Gasteiger partial charge >= 0.3 is 18.3 Å². The van der Waals surface area contributed by atoms with Gasteiger partial charge in [0, 0.05) is 42.8 Å². The van der Waals surface area contributed by atoms with E-state index in [-0.39, 0.29) is 55.4 Å². The predicted molar refractivity (Wildman–Crippen MR) is 162 cm³/mol. The molecule has 1 aliphatic rings. The topological polar surface area (TPSA) is 87.4 Å². The molecule has 4 rings (SSSR count). The van der Waals surface area contributed by atoms with E-state index in [1.54, 1.807) is 0 Å². The lowest BCUT2D eigenvalue weighted by molar-refractivity contribution is -0.143. The van der Waals surface area contributed by atoms with Crippen molar-refractivity contribution in [1.82, 2.24) is 20.2 Å². The van der Waals surface area contributed by atoms with E-state index < -0.39 is 29.4 Å². The molecule has 1 heterocycles. The van der Waals surface area contributed by atoms with Crippen LogP contribution in [0.5, 0.6) is 0 Å². The molecule has 0 atom stereocenters. The van der Waals surface area contributed by atoms with Crippen molar-refractivity contribution >= 4 is 45.9 Å². The second-order valence-corrected chi connectivity index (χ2v) is 12.1. The Kier molecular flexibility index (Phi) is 12.1. The number of aliphatic carboxylic acids is 1. The van der Waals surface area contributed by atoms with Crippen molar-refractivity contribution in [2.75, 3.05) is 22.9 Å². The summed E-state index contributed by atoms with van der Waals surface area (Å²) >= 11 is 3.49. The first-order valence-corrected chi connectivity index (χ1v) is 14.9. The monoisotopic (exact) mass is 726 g/mol. The molecule has 0 bridgehead atoms. The van der Waals surface area contributed by atoms with Crippen molar-refractivity contribution in [3.8, 4) is 0 Å². The summed E-state index contributed by atoms with van der Waals surface area (Å²) in [7, 11) is 1.51. The fourth-order valence-corrected chi connectivity index (χ4v) is 6.11. The molecule has 2 aromatic carbocycles. The molecule has 1 aliphatic carbocycles. The first kappa shape index (κ1) is 36.4. The molecule has 45 heavy (non-hydrogen) atoms. The zero-order chi connectivity index (χ0) is 32.2. The fourth-order valence-electron chi connectivity index (χ4n) is 5.70. The van der Waals surface area contributed by atoms with Crippen LogP contribution in [0.15, 0.2) is 40.9 Å². The fraction of sp³-hybridized carbons (Fsp3) is 0.517. The summed E-state index contributed by atoms with van der Waals surface area (Å²) in [6.07, 6.45) is -6.31. The van der Waals surface area contributed by atoms with Gasteiger partial charge in [-0.15, -0.1) is 17.5 Å². The number of anilines is 2. The van der Waals surface area contributed by atoms with Gasteiger partial charge in [-0.2, -0.15) is 31.1 Å². The molecule has 0 radical (unpaired) electrons. The summed E-state index contributed by atoms with van der Waals surface area (Å²) in [4.78, 5) is 16.0. The first-order chi connectivity index (χ1) is 20.6. The Bertz CT molecular complexity index is 1410. The first-order valence-electron chi connectivity index (χ1n) is 14.1. The minimum atomic E-state index is -4.97. The Balaban J connectivity index is 0.00000552. The smallest absolute Gasteiger partial charge is 0.416 e. The predicted octanol–water partition coefficient (Wildman–Crippen LogP) is 7.75. The molecule has 0 aliphatic heterocycles. The van der Waals surface area contributed by atoms with Crippen molar-refractivity contribution in [1.29, 1.82) is 0 Å². The van der Waals surface area contributed by atoms with Gasteiger partial charge in [-0.3, -0.25) is 4.79 Å². The maximum absolute atomic E-state index is 13.6. The molecule has 1 fully saturated rings. The van der Waals surface area contributed by atoms with Gasteiger partial charge < -0.3 is 14.9 Å². The van der Waals surface area contributed by atoms with Crippen LogP contribution in [0.1, 0.15) is 61.3 Å². The largest absolute Gasteiger partial charge is 0.481 e. The number of tetrazole rings is 1. The van der Waals surface area contributed by atoms with Gasteiger partial charge in [0.15, 0.2) is 0 Å². The Morgan fingerprint density at radius 2 is 1.56 bits per heavy atom. The molecule has 3 aromatic rings. The Morgan fingerprint density at radius 3 is 2.07 bits per heavy atom. The minimum Gasteiger partial charge on any atom is -0.481 e. The van der Waals surface area contributed by atoms with Gasteiger partial charge in [0.25, 0.3) is 5.95 Å². The van der Waals surface area contributed by atoms with E-state index in [4.69, 9.17) is 5.11 Å². The maximum atomic E-state index is 13.6. The molecule has 1 N–H and O–H groups in total. The molecule has 8 nitrogen and oxygen atoms in total. The molecule has 0 saturated heterocycles. The van der Waals surface area contributed by atoms with Gasteiger partial charge in [0.1, 0.15) is 0 Å². The summed E-state index contributed by atoms with van der Waals surface area (Å²) in [6.45, 7) is 3.10. The van der Waals surface area contributed by atoms with Crippen molar-refractivity contribution in [3.63, 3.8) is 0 Å². The van der Waals surface area contributed by atoms with Crippen molar-refractivity contribution < 1.29 is 36.2 Å². The van der Waals surface area contributed by atoms with E-state index in [0.29, 0.717) is 24.6 Å². The van der Waals surface area contributed by atoms with E-state index >= 15 is 0 Å². The van der Waals surface area contributed by atoms with E-state index in [1.807, 2.05) is 25.1 Å². The normalized spacial score (nSPS) is 17.1. The molecular formula is C29H34BrClF6N6O2. The van der Waals surface area contributed by atoms with Gasteiger partial charge in [0.2, 0.25) is 0 Å². The number of carbonyl (C=O) groups is 1. The molecule has 0 spiro atoms. The Labute approximate surface area is 271 Å². The van der Waals surface area contributed by atoms with Crippen LogP contribution in [0, 0.1) is 11.8 Å². The van der Waals surface area contributed by atoms with E-state index in [9.17, 15) is 31.1 Å². The molecule has 248 valence electrons. The summed E-state index contributed by atoms with van der Waals surface area (Å²) in [5, 5.41) is 21.2. The molecule has 1 saturated carbocycles. The zero-order valence-electron chi connectivity index (χ0n) is 24.6. The molecule has 0 unspecified atom stereocenters. The van der Waals surface area contributed by atoms with Crippen molar-refractivity contribution in [2.45, 2.75) is 64.5 Å². The highest BCUT2D eigenvalue weighted by Crippen LogP contribution is 2.38.